The number of rotatable bonds is 5. The second kappa shape index (κ2) is 5.48. The van der Waals surface area contributed by atoms with E-state index in [1.807, 2.05) is 6.92 Å². The van der Waals surface area contributed by atoms with Gasteiger partial charge in [-0.15, -0.1) is 0 Å². The largest absolute Gasteiger partial charge is 0.388 e. The first-order chi connectivity index (χ1) is 8.95. The number of aromatic nitrogens is 2. The predicted molar refractivity (Wildman–Crippen MR) is 77.1 cm³/mol. The molecule has 1 amide bonds. The second-order valence-corrected chi connectivity index (χ2v) is 5.20. The van der Waals surface area contributed by atoms with Crippen molar-refractivity contribution in [3.63, 3.8) is 0 Å². The molecule has 1 saturated carbocycles. The van der Waals surface area contributed by atoms with E-state index in [-0.39, 0.29) is 17.4 Å². The number of hydrogen-bond acceptors (Lipinski definition) is 5. The highest BCUT2D eigenvalue weighted by Crippen LogP contribution is 2.18. The Morgan fingerprint density at radius 1 is 1.58 bits per heavy atom. The van der Waals surface area contributed by atoms with Crippen molar-refractivity contribution in [2.45, 2.75) is 25.8 Å². The topological polar surface area (TPSA) is 84.1 Å². The van der Waals surface area contributed by atoms with Crippen LogP contribution in [0.25, 0.3) is 0 Å². The van der Waals surface area contributed by atoms with Crippen LogP contribution >= 0.6 is 12.2 Å². The molecule has 0 spiro atoms. The van der Waals surface area contributed by atoms with Crippen LogP contribution < -0.4 is 16.0 Å². The maximum absolute atomic E-state index is 11.7. The smallest absolute Gasteiger partial charge is 0.239 e. The highest BCUT2D eigenvalue weighted by Gasteiger charge is 2.24. The summed E-state index contributed by atoms with van der Waals surface area (Å²) in [5.74, 6) is 0.431. The van der Waals surface area contributed by atoms with Crippen LogP contribution in [0.4, 0.5) is 5.95 Å². The van der Waals surface area contributed by atoms with E-state index in [1.54, 1.807) is 18.0 Å². The molecule has 7 heteroatoms. The van der Waals surface area contributed by atoms with Crippen molar-refractivity contribution in [1.29, 1.82) is 0 Å². The number of carbonyl (C=O) groups excluding carboxylic acids is 1. The van der Waals surface area contributed by atoms with Gasteiger partial charge in [-0.3, -0.25) is 4.79 Å². The zero-order chi connectivity index (χ0) is 14.0. The fourth-order valence-corrected chi connectivity index (χ4v) is 1.74. The third kappa shape index (κ3) is 3.85. The van der Waals surface area contributed by atoms with Gasteiger partial charge in [0.2, 0.25) is 11.9 Å². The van der Waals surface area contributed by atoms with Crippen LogP contribution in [0.15, 0.2) is 6.07 Å². The molecule has 3 N–H and O–H groups in total. The molecule has 1 aromatic heterocycles. The Balaban J connectivity index is 2.06. The molecule has 1 aliphatic rings. The molecule has 19 heavy (non-hydrogen) atoms. The molecule has 6 nitrogen and oxygen atoms in total. The first-order valence-corrected chi connectivity index (χ1v) is 6.52. The minimum Gasteiger partial charge on any atom is -0.388 e. The van der Waals surface area contributed by atoms with Gasteiger partial charge < -0.3 is 16.0 Å². The van der Waals surface area contributed by atoms with Crippen LogP contribution in [0.1, 0.15) is 24.2 Å². The highest BCUT2D eigenvalue weighted by molar-refractivity contribution is 7.80. The Hall–Kier alpha value is -1.76. The Morgan fingerprint density at radius 2 is 2.26 bits per heavy atom. The summed E-state index contributed by atoms with van der Waals surface area (Å²) in [6.07, 6.45) is 2.14. The zero-order valence-electron chi connectivity index (χ0n) is 11.0. The number of nitrogens with one attached hydrogen (secondary N) is 1. The number of aryl methyl sites for hydroxylation is 1. The summed E-state index contributed by atoms with van der Waals surface area (Å²) in [5.41, 5.74) is 6.86. The number of nitrogens with two attached hydrogens (primary N) is 1. The standard InChI is InChI=1S/C12H17N5OS/c1-7-5-9(11(13)19)16-12(14-7)17(2)6-10(18)15-8-3-4-8/h5,8H,3-4,6H2,1-2H3,(H2,13,19)(H,15,18). The summed E-state index contributed by atoms with van der Waals surface area (Å²) in [5, 5.41) is 2.92. The maximum Gasteiger partial charge on any atom is 0.239 e. The van der Waals surface area contributed by atoms with Gasteiger partial charge in [0.1, 0.15) is 10.7 Å². The lowest BCUT2D eigenvalue weighted by Crippen LogP contribution is -2.37. The van der Waals surface area contributed by atoms with Gasteiger partial charge in [0, 0.05) is 18.8 Å². The average Bonchev–Trinajstić information content (AvgIpc) is 3.11. The number of hydrogen-bond donors (Lipinski definition) is 2. The molecule has 0 unspecified atom stereocenters. The predicted octanol–water partition coefficient (Wildman–Crippen LogP) is 0.134. The number of thiocarbonyl (C=S) groups is 1. The van der Waals surface area contributed by atoms with E-state index in [9.17, 15) is 4.79 Å². The third-order valence-corrected chi connectivity index (χ3v) is 2.97. The van der Waals surface area contributed by atoms with E-state index >= 15 is 0 Å². The van der Waals surface area contributed by atoms with E-state index in [0.29, 0.717) is 17.7 Å². The highest BCUT2D eigenvalue weighted by atomic mass is 32.1. The number of anilines is 1. The lowest BCUT2D eigenvalue weighted by molar-refractivity contribution is -0.119. The van der Waals surface area contributed by atoms with Gasteiger partial charge in [-0.2, -0.15) is 0 Å². The Labute approximate surface area is 117 Å². The van der Waals surface area contributed by atoms with E-state index in [1.165, 1.54) is 0 Å². The normalized spacial score (nSPS) is 14.0. The van der Waals surface area contributed by atoms with Gasteiger partial charge in [-0.25, -0.2) is 9.97 Å². The van der Waals surface area contributed by atoms with Crippen LogP contribution in [0, 0.1) is 6.92 Å². The summed E-state index contributed by atoms with van der Waals surface area (Å²) in [6, 6.07) is 2.08. The van der Waals surface area contributed by atoms with Gasteiger partial charge in [0.05, 0.1) is 6.54 Å². The van der Waals surface area contributed by atoms with Crippen LogP contribution in [0.2, 0.25) is 0 Å². The Bertz CT molecular complexity index is 515. The summed E-state index contributed by atoms with van der Waals surface area (Å²) < 4.78 is 0. The van der Waals surface area contributed by atoms with Crippen molar-refractivity contribution in [3.8, 4) is 0 Å². The SMILES string of the molecule is Cc1cc(C(N)=S)nc(N(C)CC(=O)NC2CC2)n1. The summed E-state index contributed by atoms with van der Waals surface area (Å²) >= 11 is 4.91. The molecule has 1 aliphatic carbocycles. The first-order valence-electron chi connectivity index (χ1n) is 6.11. The molecule has 0 aromatic carbocycles. The molecule has 0 bridgehead atoms. The fourth-order valence-electron chi connectivity index (χ4n) is 1.64. The van der Waals surface area contributed by atoms with Crippen LogP contribution in [-0.4, -0.2) is 40.5 Å². The molecular weight excluding hydrogens is 262 g/mol. The van der Waals surface area contributed by atoms with Crippen LogP contribution in [0.5, 0.6) is 0 Å². The summed E-state index contributed by atoms with van der Waals surface area (Å²) in [4.78, 5) is 22.2. The van der Waals surface area contributed by atoms with E-state index in [4.69, 9.17) is 18.0 Å². The van der Waals surface area contributed by atoms with Gasteiger partial charge in [0.15, 0.2) is 0 Å². The molecule has 0 atom stereocenters. The average molecular weight is 279 g/mol. The van der Waals surface area contributed by atoms with Crippen molar-refractivity contribution < 1.29 is 4.79 Å². The molecule has 2 rings (SSSR count). The molecule has 1 fully saturated rings. The van der Waals surface area contributed by atoms with Gasteiger partial charge in [-0.1, -0.05) is 12.2 Å². The van der Waals surface area contributed by atoms with E-state index in [0.717, 1.165) is 18.5 Å². The lowest BCUT2D eigenvalue weighted by atomic mass is 10.3. The number of carbonyl (C=O) groups is 1. The molecule has 1 aromatic rings. The Kier molecular flexibility index (Phi) is 3.94. The van der Waals surface area contributed by atoms with Crippen molar-refractivity contribution in [3.05, 3.63) is 17.5 Å². The second-order valence-electron chi connectivity index (χ2n) is 4.76. The molecule has 0 saturated heterocycles. The minimum atomic E-state index is -0.0213. The summed E-state index contributed by atoms with van der Waals surface area (Å²) in [7, 11) is 1.77. The van der Waals surface area contributed by atoms with Crippen LogP contribution in [-0.2, 0) is 4.79 Å². The fraction of sp³-hybridized carbons (Fsp3) is 0.500. The molecule has 0 aliphatic heterocycles. The number of amides is 1. The van der Waals surface area contributed by atoms with Crippen molar-refractivity contribution in [2.24, 2.45) is 5.73 Å². The Morgan fingerprint density at radius 3 is 2.84 bits per heavy atom. The van der Waals surface area contributed by atoms with E-state index < -0.39 is 0 Å². The zero-order valence-corrected chi connectivity index (χ0v) is 11.8. The first kappa shape index (κ1) is 13.7. The van der Waals surface area contributed by atoms with Gasteiger partial charge in [0.25, 0.3) is 0 Å². The molecule has 1 heterocycles. The molecule has 102 valence electrons. The monoisotopic (exact) mass is 279 g/mol. The molecule has 0 radical (unpaired) electrons. The van der Waals surface area contributed by atoms with Gasteiger partial charge >= 0.3 is 0 Å². The maximum atomic E-state index is 11.7. The van der Waals surface area contributed by atoms with Crippen molar-refractivity contribution in [2.75, 3.05) is 18.5 Å². The summed E-state index contributed by atoms with van der Waals surface area (Å²) in [6.45, 7) is 2.06. The van der Waals surface area contributed by atoms with E-state index in [2.05, 4.69) is 15.3 Å². The van der Waals surface area contributed by atoms with Crippen molar-refractivity contribution >= 4 is 29.1 Å². The minimum absolute atomic E-state index is 0.0213. The lowest BCUT2D eigenvalue weighted by Gasteiger charge is -2.17. The quantitative estimate of drug-likeness (QED) is 0.746. The molecular formula is C12H17N5OS. The van der Waals surface area contributed by atoms with Crippen LogP contribution in [0.3, 0.4) is 0 Å². The van der Waals surface area contributed by atoms with Crippen molar-refractivity contribution in [1.82, 2.24) is 15.3 Å². The third-order valence-electron chi connectivity index (χ3n) is 2.76. The number of likely N-dealkylation sites (N-methyl/N-ethyl adjacent to an activating group) is 1. The number of nitrogens with zero attached hydrogens (tertiary/aromatic N) is 3. The van der Waals surface area contributed by atoms with Gasteiger partial charge in [-0.05, 0) is 25.8 Å².